The highest BCUT2D eigenvalue weighted by molar-refractivity contribution is 6.30. The number of anilines is 2. The zero-order chi connectivity index (χ0) is 23.7. The molecule has 0 radical (unpaired) electrons. The molecular weight excluding hydrogens is 454 g/mol. The zero-order valence-corrected chi connectivity index (χ0v) is 19.2. The van der Waals surface area contributed by atoms with Gasteiger partial charge in [0.1, 0.15) is 12.1 Å². The van der Waals surface area contributed by atoms with Gasteiger partial charge < -0.3 is 15.1 Å². The summed E-state index contributed by atoms with van der Waals surface area (Å²) in [7, 11) is 0. The second-order valence-corrected chi connectivity index (χ2v) is 8.45. The summed E-state index contributed by atoms with van der Waals surface area (Å²) in [6.07, 6.45) is 3.29. The van der Waals surface area contributed by atoms with Gasteiger partial charge in [0.2, 0.25) is 5.91 Å². The Morgan fingerprint density at radius 2 is 1.79 bits per heavy atom. The molecule has 1 N–H and O–H groups in total. The number of piperazine rings is 1. The van der Waals surface area contributed by atoms with Gasteiger partial charge in [0.15, 0.2) is 5.65 Å². The van der Waals surface area contributed by atoms with E-state index in [1.807, 2.05) is 29.2 Å². The molecule has 2 amide bonds. The minimum Gasteiger partial charge on any atom is -0.352 e. The van der Waals surface area contributed by atoms with E-state index >= 15 is 0 Å². The van der Waals surface area contributed by atoms with Crippen molar-refractivity contribution < 1.29 is 9.59 Å². The summed E-state index contributed by atoms with van der Waals surface area (Å²) in [4.78, 5) is 37.3. The lowest BCUT2D eigenvalue weighted by molar-refractivity contribution is -0.114. The average molecular weight is 476 g/mol. The molecule has 2 aromatic heterocycles. The van der Waals surface area contributed by atoms with E-state index in [-0.39, 0.29) is 11.8 Å². The number of hydrogen-bond acceptors (Lipinski definition) is 6. The normalized spacial score (nSPS) is 13.8. The molecule has 0 aliphatic carbocycles. The average Bonchev–Trinajstić information content (AvgIpc) is 3.28. The number of halogens is 1. The SMILES string of the molecule is CC(=O)Nc1cccc(C(=O)N2CCN(c3ncnc4c3cnn4-c3cccc(Cl)c3)CC2)c1. The monoisotopic (exact) mass is 475 g/mol. The van der Waals surface area contributed by atoms with Gasteiger partial charge >= 0.3 is 0 Å². The van der Waals surface area contributed by atoms with E-state index < -0.39 is 0 Å². The summed E-state index contributed by atoms with van der Waals surface area (Å²) in [6, 6.07) is 14.4. The number of carbonyl (C=O) groups excluding carboxylic acids is 2. The van der Waals surface area contributed by atoms with Crippen LogP contribution >= 0.6 is 11.6 Å². The molecule has 1 saturated heterocycles. The van der Waals surface area contributed by atoms with Crippen molar-refractivity contribution in [2.24, 2.45) is 0 Å². The van der Waals surface area contributed by atoms with E-state index in [4.69, 9.17) is 11.6 Å². The van der Waals surface area contributed by atoms with Crippen LogP contribution < -0.4 is 10.2 Å². The third-order valence-corrected chi connectivity index (χ3v) is 5.93. The van der Waals surface area contributed by atoms with E-state index in [9.17, 15) is 9.59 Å². The molecule has 5 rings (SSSR count). The first-order valence-corrected chi connectivity index (χ1v) is 11.2. The van der Waals surface area contributed by atoms with E-state index in [2.05, 4.69) is 25.3 Å². The van der Waals surface area contributed by atoms with Gasteiger partial charge in [0.25, 0.3) is 5.91 Å². The second-order valence-electron chi connectivity index (χ2n) is 8.01. The molecule has 1 fully saturated rings. The van der Waals surface area contributed by atoms with Crippen molar-refractivity contribution in [1.82, 2.24) is 24.6 Å². The zero-order valence-electron chi connectivity index (χ0n) is 18.5. The molecule has 0 saturated carbocycles. The molecule has 2 aromatic carbocycles. The Morgan fingerprint density at radius 1 is 1.00 bits per heavy atom. The van der Waals surface area contributed by atoms with Gasteiger partial charge in [-0.15, -0.1) is 0 Å². The summed E-state index contributed by atoms with van der Waals surface area (Å²) in [6.45, 7) is 3.81. The molecule has 1 aliphatic heterocycles. The maximum absolute atomic E-state index is 13.0. The summed E-state index contributed by atoms with van der Waals surface area (Å²) in [5.41, 5.74) is 2.67. The molecule has 0 spiro atoms. The molecule has 172 valence electrons. The quantitative estimate of drug-likeness (QED) is 0.486. The van der Waals surface area contributed by atoms with Gasteiger partial charge in [-0.25, -0.2) is 14.6 Å². The van der Waals surface area contributed by atoms with Crippen LogP contribution in [-0.4, -0.2) is 62.6 Å². The number of rotatable bonds is 4. The van der Waals surface area contributed by atoms with Crippen LogP contribution in [0.2, 0.25) is 5.02 Å². The van der Waals surface area contributed by atoms with E-state index in [0.29, 0.717) is 48.1 Å². The Hall–Kier alpha value is -3.98. The Bertz CT molecular complexity index is 1380. The molecule has 0 unspecified atom stereocenters. The van der Waals surface area contributed by atoms with Gasteiger partial charge in [-0.05, 0) is 36.4 Å². The van der Waals surface area contributed by atoms with Crippen LogP contribution in [0.25, 0.3) is 16.7 Å². The molecule has 0 atom stereocenters. The maximum Gasteiger partial charge on any atom is 0.254 e. The third-order valence-electron chi connectivity index (χ3n) is 5.69. The maximum atomic E-state index is 13.0. The van der Waals surface area contributed by atoms with Gasteiger partial charge in [0, 0.05) is 49.4 Å². The number of benzene rings is 2. The molecular formula is C24H22ClN7O2. The van der Waals surface area contributed by atoms with Crippen molar-refractivity contribution in [3.8, 4) is 5.69 Å². The van der Waals surface area contributed by atoms with Crippen LogP contribution in [0.5, 0.6) is 0 Å². The minimum absolute atomic E-state index is 0.0616. The number of hydrogen-bond donors (Lipinski definition) is 1. The second kappa shape index (κ2) is 9.11. The summed E-state index contributed by atoms with van der Waals surface area (Å²) in [5.74, 6) is 0.555. The summed E-state index contributed by atoms with van der Waals surface area (Å²) < 4.78 is 1.74. The highest BCUT2D eigenvalue weighted by Crippen LogP contribution is 2.26. The fourth-order valence-electron chi connectivity index (χ4n) is 4.12. The van der Waals surface area contributed by atoms with E-state index in [1.54, 1.807) is 35.1 Å². The number of amides is 2. The number of nitrogens with zero attached hydrogens (tertiary/aromatic N) is 6. The van der Waals surface area contributed by atoms with Crippen molar-refractivity contribution >= 4 is 46.0 Å². The van der Waals surface area contributed by atoms with Crippen LogP contribution in [0.15, 0.2) is 61.1 Å². The smallest absolute Gasteiger partial charge is 0.254 e. The largest absolute Gasteiger partial charge is 0.352 e. The van der Waals surface area contributed by atoms with Crippen LogP contribution in [0, 0.1) is 0 Å². The van der Waals surface area contributed by atoms with Crippen LogP contribution in [-0.2, 0) is 4.79 Å². The molecule has 10 heteroatoms. The summed E-state index contributed by atoms with van der Waals surface area (Å²) in [5, 5.41) is 8.69. The Kier molecular flexibility index (Phi) is 5.85. The molecule has 0 bridgehead atoms. The minimum atomic E-state index is -0.173. The first kappa shape index (κ1) is 21.8. The Balaban J connectivity index is 1.33. The highest BCUT2D eigenvalue weighted by atomic mass is 35.5. The predicted molar refractivity (Wildman–Crippen MR) is 131 cm³/mol. The fraction of sp³-hybridized carbons (Fsp3) is 0.208. The standard InChI is InChI=1S/C24H22ClN7O2/c1-16(33)29-19-6-2-4-17(12-19)24(34)31-10-8-30(9-11-31)22-21-14-28-32(23(21)27-15-26-22)20-7-3-5-18(25)13-20/h2-7,12-15H,8-11H2,1H3,(H,29,33). The lowest BCUT2D eigenvalue weighted by Gasteiger charge is -2.35. The predicted octanol–water partition coefficient (Wildman–Crippen LogP) is 3.39. The molecule has 1 aliphatic rings. The number of carbonyl (C=O) groups is 2. The van der Waals surface area contributed by atoms with Gasteiger partial charge in [-0.1, -0.05) is 23.7 Å². The van der Waals surface area contributed by atoms with Crippen molar-refractivity contribution in [3.63, 3.8) is 0 Å². The van der Waals surface area contributed by atoms with Crippen LogP contribution in [0.3, 0.4) is 0 Å². The molecule has 34 heavy (non-hydrogen) atoms. The fourth-order valence-corrected chi connectivity index (χ4v) is 4.30. The first-order valence-electron chi connectivity index (χ1n) is 10.9. The van der Waals surface area contributed by atoms with Crippen molar-refractivity contribution in [3.05, 3.63) is 71.6 Å². The van der Waals surface area contributed by atoms with E-state index in [1.165, 1.54) is 13.3 Å². The number of fused-ring (bicyclic) bond motifs is 1. The lowest BCUT2D eigenvalue weighted by atomic mass is 10.1. The third kappa shape index (κ3) is 4.29. The Morgan fingerprint density at radius 3 is 2.56 bits per heavy atom. The summed E-state index contributed by atoms with van der Waals surface area (Å²) >= 11 is 6.15. The molecule has 4 aromatic rings. The first-order chi connectivity index (χ1) is 16.5. The highest BCUT2D eigenvalue weighted by Gasteiger charge is 2.25. The molecule has 9 nitrogen and oxygen atoms in total. The van der Waals surface area contributed by atoms with Crippen molar-refractivity contribution in [2.45, 2.75) is 6.92 Å². The van der Waals surface area contributed by atoms with E-state index in [0.717, 1.165) is 16.9 Å². The lowest BCUT2D eigenvalue weighted by Crippen LogP contribution is -2.49. The topological polar surface area (TPSA) is 96.2 Å². The van der Waals surface area contributed by atoms with Crippen molar-refractivity contribution in [1.29, 1.82) is 0 Å². The number of nitrogens with one attached hydrogen (secondary N) is 1. The van der Waals surface area contributed by atoms with Gasteiger partial charge in [-0.2, -0.15) is 5.10 Å². The van der Waals surface area contributed by atoms with Crippen LogP contribution in [0.1, 0.15) is 17.3 Å². The van der Waals surface area contributed by atoms with Gasteiger partial charge in [-0.3, -0.25) is 9.59 Å². The van der Waals surface area contributed by atoms with Crippen molar-refractivity contribution in [2.75, 3.05) is 36.4 Å². The number of aromatic nitrogens is 4. The Labute approximate surface area is 201 Å². The molecule has 3 heterocycles. The van der Waals surface area contributed by atoms with Gasteiger partial charge in [0.05, 0.1) is 17.3 Å². The van der Waals surface area contributed by atoms with Crippen LogP contribution in [0.4, 0.5) is 11.5 Å².